The number of anilines is 1. The van der Waals surface area contributed by atoms with Crippen LogP contribution in [0.1, 0.15) is 38.4 Å². The van der Waals surface area contributed by atoms with Gasteiger partial charge in [0, 0.05) is 24.4 Å². The van der Waals surface area contributed by atoms with E-state index in [1.807, 2.05) is 13.0 Å². The van der Waals surface area contributed by atoms with Crippen molar-refractivity contribution >= 4 is 27.7 Å². The SMILES string of the molecule is CCc1nc(Br)cc(NC2CCC(C(N)=O)CC2)n1. The minimum absolute atomic E-state index is 0.0430. The standard InChI is InChI=1S/C13H19BrN4O/c1-2-11-17-10(14)7-12(18-11)16-9-5-3-8(4-6-9)13(15)19/h7-9H,2-6H2,1H3,(H2,15,19)(H,16,17,18). The smallest absolute Gasteiger partial charge is 0.220 e. The van der Waals surface area contributed by atoms with Crippen LogP contribution in [0.2, 0.25) is 0 Å². The molecule has 0 aromatic carbocycles. The summed E-state index contributed by atoms with van der Waals surface area (Å²) in [5, 5.41) is 3.42. The van der Waals surface area contributed by atoms with E-state index in [0.717, 1.165) is 48.3 Å². The van der Waals surface area contributed by atoms with Gasteiger partial charge >= 0.3 is 0 Å². The van der Waals surface area contributed by atoms with Gasteiger partial charge in [0.25, 0.3) is 0 Å². The second-order valence-corrected chi connectivity index (χ2v) is 5.75. The maximum atomic E-state index is 11.1. The van der Waals surface area contributed by atoms with Gasteiger partial charge in [-0.15, -0.1) is 0 Å². The number of rotatable bonds is 4. The van der Waals surface area contributed by atoms with Gasteiger partial charge < -0.3 is 11.1 Å². The van der Waals surface area contributed by atoms with Gasteiger partial charge in [0.1, 0.15) is 16.2 Å². The predicted octanol–water partition coefficient (Wildman–Crippen LogP) is 2.26. The zero-order valence-electron chi connectivity index (χ0n) is 11.0. The molecule has 1 heterocycles. The number of aryl methyl sites for hydroxylation is 1. The van der Waals surface area contributed by atoms with Crippen molar-refractivity contribution in [1.82, 2.24) is 9.97 Å². The Kier molecular flexibility index (Phi) is 4.74. The Morgan fingerprint density at radius 2 is 2.11 bits per heavy atom. The van der Waals surface area contributed by atoms with Crippen LogP contribution in [-0.4, -0.2) is 21.9 Å². The third-order valence-corrected chi connectivity index (χ3v) is 3.95. The fourth-order valence-electron chi connectivity index (χ4n) is 2.43. The van der Waals surface area contributed by atoms with E-state index in [9.17, 15) is 4.79 Å². The number of nitrogens with one attached hydrogen (secondary N) is 1. The second-order valence-electron chi connectivity index (χ2n) is 4.94. The van der Waals surface area contributed by atoms with Crippen molar-refractivity contribution in [2.75, 3.05) is 5.32 Å². The number of nitrogens with zero attached hydrogens (tertiary/aromatic N) is 2. The van der Waals surface area contributed by atoms with Crippen LogP contribution in [-0.2, 0) is 11.2 Å². The normalized spacial score (nSPS) is 23.1. The number of hydrogen-bond acceptors (Lipinski definition) is 4. The van der Waals surface area contributed by atoms with Crippen LogP contribution in [0.3, 0.4) is 0 Å². The van der Waals surface area contributed by atoms with Crippen LogP contribution in [0.4, 0.5) is 5.82 Å². The first kappa shape index (κ1) is 14.2. The quantitative estimate of drug-likeness (QED) is 0.831. The fourth-order valence-corrected chi connectivity index (χ4v) is 2.85. The number of primary amides is 1. The van der Waals surface area contributed by atoms with Gasteiger partial charge in [-0.1, -0.05) is 6.92 Å². The summed E-state index contributed by atoms with van der Waals surface area (Å²) in [7, 11) is 0. The molecule has 5 nitrogen and oxygen atoms in total. The fraction of sp³-hybridized carbons (Fsp3) is 0.615. The molecule has 0 radical (unpaired) electrons. The first-order chi connectivity index (χ1) is 9.08. The number of aromatic nitrogens is 2. The summed E-state index contributed by atoms with van der Waals surface area (Å²) in [6, 6.07) is 2.25. The lowest BCUT2D eigenvalue weighted by molar-refractivity contribution is -0.122. The summed E-state index contributed by atoms with van der Waals surface area (Å²) >= 11 is 3.39. The van der Waals surface area contributed by atoms with Crippen LogP contribution < -0.4 is 11.1 Å². The molecule has 0 bridgehead atoms. The minimum atomic E-state index is -0.170. The van der Waals surface area contributed by atoms with Crippen molar-refractivity contribution in [3.63, 3.8) is 0 Å². The van der Waals surface area contributed by atoms with Gasteiger partial charge in [0.2, 0.25) is 5.91 Å². The molecule has 2 rings (SSSR count). The van der Waals surface area contributed by atoms with Gasteiger partial charge in [-0.25, -0.2) is 9.97 Å². The highest BCUT2D eigenvalue weighted by Crippen LogP contribution is 2.26. The molecule has 3 N–H and O–H groups in total. The van der Waals surface area contributed by atoms with E-state index in [2.05, 4.69) is 31.2 Å². The Morgan fingerprint density at radius 1 is 1.42 bits per heavy atom. The van der Waals surface area contributed by atoms with Gasteiger partial charge in [-0.3, -0.25) is 4.79 Å². The van der Waals surface area contributed by atoms with Crippen molar-refractivity contribution < 1.29 is 4.79 Å². The van der Waals surface area contributed by atoms with Crippen LogP contribution in [0.5, 0.6) is 0 Å². The molecule has 0 unspecified atom stereocenters. The number of carbonyl (C=O) groups is 1. The summed E-state index contributed by atoms with van der Waals surface area (Å²) in [6.45, 7) is 2.03. The number of nitrogens with two attached hydrogens (primary N) is 1. The largest absolute Gasteiger partial charge is 0.369 e. The molecule has 1 aliphatic carbocycles. The monoisotopic (exact) mass is 326 g/mol. The average molecular weight is 327 g/mol. The second kappa shape index (κ2) is 6.32. The van der Waals surface area contributed by atoms with Gasteiger partial charge in [0.05, 0.1) is 0 Å². The summed E-state index contributed by atoms with van der Waals surface area (Å²) in [5.41, 5.74) is 5.34. The van der Waals surface area contributed by atoms with Crippen molar-refractivity contribution in [2.24, 2.45) is 11.7 Å². The van der Waals surface area contributed by atoms with Gasteiger partial charge in [0.15, 0.2) is 0 Å². The van der Waals surface area contributed by atoms with Gasteiger partial charge in [-0.05, 0) is 41.6 Å². The zero-order chi connectivity index (χ0) is 13.8. The molecular weight excluding hydrogens is 308 g/mol. The number of carbonyl (C=O) groups excluding carboxylic acids is 1. The number of amides is 1. The van der Waals surface area contributed by atoms with E-state index >= 15 is 0 Å². The van der Waals surface area contributed by atoms with Crippen molar-refractivity contribution in [3.8, 4) is 0 Å². The molecule has 1 aromatic heterocycles. The van der Waals surface area contributed by atoms with E-state index in [1.165, 1.54) is 0 Å². The summed E-state index contributed by atoms with van der Waals surface area (Å²) in [6.07, 6.45) is 4.44. The van der Waals surface area contributed by atoms with Crippen LogP contribution in [0.25, 0.3) is 0 Å². The molecule has 1 aliphatic rings. The lowest BCUT2D eigenvalue weighted by Gasteiger charge is -2.27. The third-order valence-electron chi connectivity index (χ3n) is 3.54. The Morgan fingerprint density at radius 3 is 2.68 bits per heavy atom. The molecule has 19 heavy (non-hydrogen) atoms. The lowest BCUT2D eigenvalue weighted by atomic mass is 9.85. The molecule has 1 aromatic rings. The topological polar surface area (TPSA) is 80.9 Å². The summed E-state index contributed by atoms with van der Waals surface area (Å²) in [4.78, 5) is 19.9. The molecule has 1 fully saturated rings. The molecule has 0 aliphatic heterocycles. The summed E-state index contributed by atoms with van der Waals surface area (Å²) in [5.74, 6) is 1.54. The van der Waals surface area contributed by atoms with Crippen LogP contribution in [0, 0.1) is 5.92 Å². The van der Waals surface area contributed by atoms with E-state index in [0.29, 0.717) is 6.04 Å². The van der Waals surface area contributed by atoms with Crippen molar-refractivity contribution in [2.45, 2.75) is 45.1 Å². The van der Waals surface area contributed by atoms with E-state index < -0.39 is 0 Å². The highest BCUT2D eigenvalue weighted by Gasteiger charge is 2.24. The molecule has 6 heteroatoms. The predicted molar refractivity (Wildman–Crippen MR) is 77.7 cm³/mol. The first-order valence-corrected chi connectivity index (χ1v) is 7.47. The Labute approximate surface area is 121 Å². The molecule has 104 valence electrons. The average Bonchev–Trinajstić information content (AvgIpc) is 2.38. The zero-order valence-corrected chi connectivity index (χ0v) is 12.6. The Bertz CT molecular complexity index is 458. The highest BCUT2D eigenvalue weighted by atomic mass is 79.9. The third kappa shape index (κ3) is 3.89. The van der Waals surface area contributed by atoms with E-state index in [-0.39, 0.29) is 11.8 Å². The van der Waals surface area contributed by atoms with Gasteiger partial charge in [-0.2, -0.15) is 0 Å². The number of hydrogen-bond donors (Lipinski definition) is 2. The highest BCUT2D eigenvalue weighted by molar-refractivity contribution is 9.10. The molecule has 1 amide bonds. The van der Waals surface area contributed by atoms with Crippen molar-refractivity contribution in [1.29, 1.82) is 0 Å². The maximum Gasteiger partial charge on any atom is 0.220 e. The molecule has 0 atom stereocenters. The first-order valence-electron chi connectivity index (χ1n) is 6.67. The maximum absolute atomic E-state index is 11.1. The van der Waals surface area contributed by atoms with Crippen LogP contribution in [0.15, 0.2) is 10.7 Å². The Balaban J connectivity index is 1.95. The van der Waals surface area contributed by atoms with E-state index in [4.69, 9.17) is 5.73 Å². The van der Waals surface area contributed by atoms with Crippen molar-refractivity contribution in [3.05, 3.63) is 16.5 Å². The van der Waals surface area contributed by atoms with E-state index in [1.54, 1.807) is 0 Å². The number of halogens is 1. The lowest BCUT2D eigenvalue weighted by Crippen LogP contribution is -2.32. The van der Waals surface area contributed by atoms with Crippen LogP contribution >= 0.6 is 15.9 Å². The molecule has 0 saturated heterocycles. The molecule has 0 spiro atoms. The minimum Gasteiger partial charge on any atom is -0.369 e. The summed E-state index contributed by atoms with van der Waals surface area (Å²) < 4.78 is 0.799. The Hall–Kier alpha value is -1.17. The molecular formula is C13H19BrN4O. The molecule has 1 saturated carbocycles.